The van der Waals surface area contributed by atoms with Crippen LogP contribution in [0, 0.1) is 0 Å². The smallest absolute Gasteiger partial charge is 0.255 e. The van der Waals surface area contributed by atoms with Crippen molar-refractivity contribution in [3.63, 3.8) is 0 Å². The van der Waals surface area contributed by atoms with Crippen molar-refractivity contribution in [3.05, 3.63) is 83.8 Å². The van der Waals surface area contributed by atoms with E-state index < -0.39 is 6.04 Å². The number of carbonyl (C=O) groups excluding carboxylic acids is 2. The zero-order valence-corrected chi connectivity index (χ0v) is 25.6. The van der Waals surface area contributed by atoms with Gasteiger partial charge >= 0.3 is 0 Å². The number of rotatable bonds is 11. The fourth-order valence-corrected chi connectivity index (χ4v) is 5.54. The third-order valence-corrected chi connectivity index (χ3v) is 7.71. The van der Waals surface area contributed by atoms with E-state index in [2.05, 4.69) is 27.2 Å². The van der Waals surface area contributed by atoms with E-state index in [0.29, 0.717) is 48.5 Å². The molecule has 44 heavy (non-hydrogen) atoms. The van der Waals surface area contributed by atoms with Gasteiger partial charge in [-0.3, -0.25) is 19.1 Å². The Labute approximate surface area is 261 Å². The topological polar surface area (TPSA) is 128 Å². The maximum absolute atomic E-state index is 13.7. The molecule has 0 aliphatic carbocycles. The zero-order valence-electron chi connectivity index (χ0n) is 24.9. The number of hydrogen-bond donors (Lipinski definition) is 1. The Kier molecular flexibility index (Phi) is 9.90. The van der Waals surface area contributed by atoms with E-state index in [1.807, 2.05) is 23.1 Å². The van der Waals surface area contributed by atoms with Gasteiger partial charge in [-0.1, -0.05) is 31.0 Å². The Bertz CT molecular complexity index is 1570. The molecule has 1 fully saturated rings. The number of carbonyl (C=O) groups is 2. The first-order valence-corrected chi connectivity index (χ1v) is 14.8. The highest BCUT2D eigenvalue weighted by Gasteiger charge is 2.33. The minimum atomic E-state index is -0.390. The lowest BCUT2D eigenvalue weighted by Crippen LogP contribution is -2.56. The summed E-state index contributed by atoms with van der Waals surface area (Å²) in [4.78, 5) is 48.1. The Morgan fingerprint density at radius 3 is 2.61 bits per heavy atom. The Morgan fingerprint density at radius 1 is 1.07 bits per heavy atom. The van der Waals surface area contributed by atoms with E-state index in [1.165, 1.54) is 0 Å². The molecule has 0 radical (unpaired) electrons. The summed E-state index contributed by atoms with van der Waals surface area (Å²) < 4.78 is 12.6. The maximum Gasteiger partial charge on any atom is 0.255 e. The van der Waals surface area contributed by atoms with Gasteiger partial charge in [0.05, 0.1) is 31.9 Å². The van der Waals surface area contributed by atoms with Gasteiger partial charge in [-0.25, -0.2) is 9.97 Å². The number of nitrogens with one attached hydrogen (secondary N) is 1. The van der Waals surface area contributed by atoms with E-state index in [0.717, 1.165) is 18.4 Å². The third-order valence-electron chi connectivity index (χ3n) is 7.52. The van der Waals surface area contributed by atoms with Gasteiger partial charge in [-0.2, -0.15) is 4.98 Å². The Morgan fingerprint density at radius 2 is 1.91 bits per heavy atom. The molecule has 5 rings (SSSR count). The number of hydrogen-bond acceptors (Lipinski definition) is 9. The first-order chi connectivity index (χ1) is 21.4. The molecule has 1 N–H and O–H groups in total. The predicted molar refractivity (Wildman–Crippen MR) is 165 cm³/mol. The van der Waals surface area contributed by atoms with E-state index in [9.17, 15) is 9.59 Å². The fraction of sp³-hybridized carbons (Fsp3) is 0.355. The van der Waals surface area contributed by atoms with E-state index in [4.69, 9.17) is 26.1 Å². The number of halogens is 1. The van der Waals surface area contributed by atoms with Crippen molar-refractivity contribution in [3.8, 4) is 17.4 Å². The first kappa shape index (κ1) is 30.7. The average molecular weight is 619 g/mol. The monoisotopic (exact) mass is 618 g/mol. The van der Waals surface area contributed by atoms with Crippen LogP contribution < -0.4 is 19.7 Å². The zero-order chi connectivity index (χ0) is 31.1. The molecule has 0 spiro atoms. The highest BCUT2D eigenvalue weighted by atomic mass is 35.5. The fourth-order valence-electron chi connectivity index (χ4n) is 5.37. The van der Waals surface area contributed by atoms with E-state index >= 15 is 0 Å². The third kappa shape index (κ3) is 7.08. The van der Waals surface area contributed by atoms with Crippen LogP contribution in [0.2, 0.25) is 5.15 Å². The van der Waals surface area contributed by atoms with Crippen LogP contribution in [0.3, 0.4) is 0 Å². The average Bonchev–Trinajstić information content (AvgIpc) is 3.59. The number of anilines is 1. The number of methoxy groups -OCH3 is 2. The van der Waals surface area contributed by atoms with Crippen LogP contribution in [0.25, 0.3) is 5.95 Å². The van der Waals surface area contributed by atoms with Crippen LogP contribution in [0.1, 0.15) is 48.1 Å². The summed E-state index contributed by atoms with van der Waals surface area (Å²) in [5.74, 6) is 1.84. The number of pyridine rings is 1. The van der Waals surface area contributed by atoms with Crippen molar-refractivity contribution < 1.29 is 19.1 Å². The summed E-state index contributed by atoms with van der Waals surface area (Å²) >= 11 is 6.44. The molecule has 12 nitrogen and oxygen atoms in total. The summed E-state index contributed by atoms with van der Waals surface area (Å²) in [6, 6.07) is 10.2. The molecule has 4 heterocycles. The van der Waals surface area contributed by atoms with Crippen LogP contribution in [0.4, 0.5) is 5.82 Å². The van der Waals surface area contributed by atoms with Crippen molar-refractivity contribution >= 4 is 29.2 Å². The molecule has 13 heteroatoms. The van der Waals surface area contributed by atoms with Crippen LogP contribution in [-0.2, 0) is 4.79 Å². The molecule has 2 unspecified atom stereocenters. The number of aromatic nitrogens is 5. The number of nitrogens with zero attached hydrogens (tertiary/aromatic N) is 7. The first-order valence-electron chi connectivity index (χ1n) is 14.4. The lowest BCUT2D eigenvalue weighted by atomic mass is 10.0. The van der Waals surface area contributed by atoms with Gasteiger partial charge in [0.15, 0.2) is 11.5 Å². The quantitative estimate of drug-likeness (QED) is 0.247. The number of imidazole rings is 1. The van der Waals surface area contributed by atoms with Crippen molar-refractivity contribution in [2.75, 3.05) is 38.8 Å². The molecule has 2 amide bonds. The summed E-state index contributed by atoms with van der Waals surface area (Å²) in [5.41, 5.74) is 1.41. The predicted octanol–water partition coefficient (Wildman–Crippen LogP) is 4.11. The minimum Gasteiger partial charge on any atom is -0.493 e. The highest BCUT2D eigenvalue weighted by Crippen LogP contribution is 2.32. The van der Waals surface area contributed by atoms with Gasteiger partial charge in [0.25, 0.3) is 5.91 Å². The van der Waals surface area contributed by atoms with Gasteiger partial charge in [0, 0.05) is 56.9 Å². The van der Waals surface area contributed by atoms with Crippen LogP contribution >= 0.6 is 11.6 Å². The molecule has 0 saturated carbocycles. The maximum atomic E-state index is 13.7. The molecule has 1 saturated heterocycles. The molecule has 1 aromatic carbocycles. The lowest BCUT2D eigenvalue weighted by molar-refractivity contribution is -0.122. The van der Waals surface area contributed by atoms with Crippen molar-refractivity contribution in [2.45, 2.75) is 38.3 Å². The molecule has 3 aromatic heterocycles. The van der Waals surface area contributed by atoms with Gasteiger partial charge in [0.2, 0.25) is 11.9 Å². The van der Waals surface area contributed by atoms with Gasteiger partial charge in [-0.05, 0) is 36.2 Å². The molecule has 2 atom stereocenters. The summed E-state index contributed by atoms with van der Waals surface area (Å²) in [6.07, 6.45) is 9.84. The molecule has 1 aliphatic rings. The van der Waals surface area contributed by atoms with E-state index in [-0.39, 0.29) is 29.4 Å². The molecule has 1 aliphatic heterocycles. The number of amides is 2. The number of ether oxygens (including phenoxy) is 2. The standard InChI is InChI=1S/C31H35ClN8O4/c1-4-6-24(21-8-9-25(43-2)26(15-21)44-3)35-29(41)16-23-19-38(30(42)22-7-5-10-33-18-22)13-14-40(23)28-17-27(32)36-31(37-28)39-12-11-34-20-39/h5,7-12,15,17-18,20,23-24H,4,6,13-14,16,19H2,1-3H3,(H,35,41). The molecule has 4 aromatic rings. The molecular weight excluding hydrogens is 584 g/mol. The summed E-state index contributed by atoms with van der Waals surface area (Å²) in [7, 11) is 3.17. The second-order valence-corrected chi connectivity index (χ2v) is 10.8. The highest BCUT2D eigenvalue weighted by molar-refractivity contribution is 6.29. The van der Waals surface area contributed by atoms with Gasteiger partial charge in [0.1, 0.15) is 17.3 Å². The number of piperazine rings is 1. The van der Waals surface area contributed by atoms with Crippen LogP contribution in [0.15, 0.2) is 67.5 Å². The molecular formula is C31H35ClN8O4. The number of benzene rings is 1. The van der Waals surface area contributed by atoms with Gasteiger partial charge in [-0.15, -0.1) is 0 Å². The second kappa shape index (κ2) is 14.2. The summed E-state index contributed by atoms with van der Waals surface area (Å²) in [5, 5.41) is 3.47. The molecule has 230 valence electrons. The van der Waals surface area contributed by atoms with E-state index in [1.54, 1.807) is 73.0 Å². The van der Waals surface area contributed by atoms with Crippen molar-refractivity contribution in [1.29, 1.82) is 0 Å². The summed E-state index contributed by atoms with van der Waals surface area (Å²) in [6.45, 7) is 3.24. The normalized spacial score (nSPS) is 15.5. The van der Waals surface area contributed by atoms with Crippen molar-refractivity contribution in [1.82, 2.24) is 34.7 Å². The van der Waals surface area contributed by atoms with Crippen LogP contribution in [0.5, 0.6) is 11.5 Å². The van der Waals surface area contributed by atoms with Gasteiger partial charge < -0.3 is 24.6 Å². The SMILES string of the molecule is CCCC(NC(=O)CC1CN(C(=O)c2cccnc2)CCN1c1cc(Cl)nc(-n2ccnc2)n1)c1ccc(OC)c(OC)c1. The lowest BCUT2D eigenvalue weighted by Gasteiger charge is -2.42. The second-order valence-electron chi connectivity index (χ2n) is 10.4. The molecule has 0 bridgehead atoms. The Balaban J connectivity index is 1.41. The largest absolute Gasteiger partial charge is 0.493 e. The minimum absolute atomic E-state index is 0.117. The Hall–Kier alpha value is -4.71. The van der Waals surface area contributed by atoms with Crippen LogP contribution in [-0.4, -0.2) is 81.1 Å². The van der Waals surface area contributed by atoms with Crippen molar-refractivity contribution in [2.24, 2.45) is 0 Å².